The second-order valence-corrected chi connectivity index (χ2v) is 11.7. The van der Waals surface area contributed by atoms with Crippen LogP contribution in [-0.4, -0.2) is 66.8 Å². The maximum absolute atomic E-state index is 14.4. The van der Waals surface area contributed by atoms with Crippen LogP contribution in [0.25, 0.3) is 0 Å². The zero-order valence-electron chi connectivity index (χ0n) is 21.9. The summed E-state index contributed by atoms with van der Waals surface area (Å²) < 4.78 is 32.0. The normalized spacial score (nSPS) is 17.3. The zero-order chi connectivity index (χ0) is 27.5. The van der Waals surface area contributed by atoms with Crippen molar-refractivity contribution in [2.24, 2.45) is 0 Å². The first kappa shape index (κ1) is 29.4. The highest BCUT2D eigenvalue weighted by Crippen LogP contribution is 2.32. The molecule has 0 unspecified atom stereocenters. The third-order valence-electron chi connectivity index (χ3n) is 6.03. The van der Waals surface area contributed by atoms with Crippen molar-refractivity contribution in [2.45, 2.75) is 52.4 Å². The van der Waals surface area contributed by atoms with Gasteiger partial charge in [-0.1, -0.05) is 17.7 Å². The first-order valence-corrected chi connectivity index (χ1v) is 13.5. The van der Waals surface area contributed by atoms with Gasteiger partial charge in [-0.05, 0) is 92.6 Å². The molecule has 3 rings (SSSR count). The summed E-state index contributed by atoms with van der Waals surface area (Å²) in [5, 5.41) is 0.0370. The Balaban J connectivity index is 1.83. The summed E-state index contributed by atoms with van der Waals surface area (Å²) in [5.41, 5.74) is 1.24. The van der Waals surface area contributed by atoms with E-state index in [1.54, 1.807) is 23.1 Å². The van der Waals surface area contributed by atoms with Crippen molar-refractivity contribution in [1.82, 2.24) is 9.80 Å². The van der Waals surface area contributed by atoms with E-state index in [0.29, 0.717) is 48.6 Å². The molecule has 7 nitrogen and oxygen atoms in total. The lowest BCUT2D eigenvalue weighted by Crippen LogP contribution is -2.55. The van der Waals surface area contributed by atoms with Crippen molar-refractivity contribution in [2.75, 3.05) is 33.3 Å². The van der Waals surface area contributed by atoms with Crippen LogP contribution in [0.15, 0.2) is 30.3 Å². The van der Waals surface area contributed by atoms with Gasteiger partial charge in [-0.3, -0.25) is 4.90 Å². The number of nitrogens with zero attached hydrogens (tertiary/aromatic N) is 2. The van der Waals surface area contributed by atoms with E-state index >= 15 is 0 Å². The number of piperazine rings is 1. The van der Waals surface area contributed by atoms with Crippen LogP contribution in [0.5, 0.6) is 5.75 Å². The smallest absolute Gasteiger partial charge is 0.410 e. The molecule has 0 saturated carbocycles. The number of ether oxygens (including phenoxy) is 3. The number of aryl methyl sites for hydroxylation is 1. The monoisotopic (exact) mass is 646 g/mol. The number of carbonyl (C=O) groups excluding carboxylic acids is 2. The number of amides is 1. The molecule has 202 valence electrons. The van der Waals surface area contributed by atoms with Crippen LogP contribution in [0.4, 0.5) is 9.18 Å². The molecule has 2 aromatic rings. The van der Waals surface area contributed by atoms with Crippen LogP contribution >= 0.6 is 34.2 Å². The van der Waals surface area contributed by atoms with Crippen LogP contribution in [0.2, 0.25) is 5.02 Å². The molecular formula is C27H33ClFIN2O5. The van der Waals surface area contributed by atoms with Gasteiger partial charge in [0.25, 0.3) is 0 Å². The summed E-state index contributed by atoms with van der Waals surface area (Å²) in [6.45, 7) is 11.5. The third-order valence-corrected chi connectivity index (χ3v) is 7.18. The molecule has 1 heterocycles. The molecule has 1 aliphatic rings. The van der Waals surface area contributed by atoms with Crippen molar-refractivity contribution in [3.8, 4) is 5.75 Å². The van der Waals surface area contributed by atoms with Crippen molar-refractivity contribution in [3.63, 3.8) is 0 Å². The number of rotatable bonds is 6. The van der Waals surface area contributed by atoms with E-state index in [1.165, 1.54) is 19.2 Å². The maximum atomic E-state index is 14.4. The fourth-order valence-electron chi connectivity index (χ4n) is 4.18. The predicted octanol–water partition coefficient (Wildman–Crippen LogP) is 6.24. The molecule has 0 aliphatic carbocycles. The average Bonchev–Trinajstić information content (AvgIpc) is 2.80. The second kappa shape index (κ2) is 12.2. The SMILES string of the molecule is COC(=O)c1cc(I)c(O[C@H](CN2CCN(C(=O)OC(C)(C)C)[C@H](C)C2)c2ccc(Cl)c(F)c2)cc1C. The minimum atomic E-state index is -0.565. The lowest BCUT2D eigenvalue weighted by atomic mass is 10.1. The highest BCUT2D eigenvalue weighted by molar-refractivity contribution is 14.1. The lowest BCUT2D eigenvalue weighted by molar-refractivity contribution is -0.00303. The van der Waals surface area contributed by atoms with Crippen LogP contribution in [-0.2, 0) is 9.47 Å². The van der Waals surface area contributed by atoms with Gasteiger partial charge in [0.05, 0.1) is 21.3 Å². The van der Waals surface area contributed by atoms with Gasteiger partial charge in [-0.15, -0.1) is 0 Å². The fraction of sp³-hybridized carbons (Fsp3) is 0.481. The topological polar surface area (TPSA) is 68.3 Å². The van der Waals surface area contributed by atoms with E-state index in [0.717, 1.165) is 3.57 Å². The van der Waals surface area contributed by atoms with Crippen LogP contribution in [0, 0.1) is 16.3 Å². The molecule has 0 spiro atoms. The van der Waals surface area contributed by atoms with E-state index in [1.807, 2.05) is 34.6 Å². The Labute approximate surface area is 236 Å². The Hall–Kier alpha value is -2.11. The fourth-order valence-corrected chi connectivity index (χ4v) is 4.89. The Kier molecular flexibility index (Phi) is 9.68. The number of methoxy groups -OCH3 is 1. The number of halogens is 3. The Morgan fingerprint density at radius 1 is 1.22 bits per heavy atom. The van der Waals surface area contributed by atoms with E-state index in [2.05, 4.69) is 27.5 Å². The standard InChI is InChI=1S/C27H33ClFIN2O5/c1-16-11-23(22(30)13-19(16)25(33)35-6)36-24(18-7-8-20(28)21(29)12-18)15-31-9-10-32(17(2)14-31)26(34)37-27(3,4)5/h7-8,11-13,17,24H,9-10,14-15H2,1-6H3/t17-,24-/m1/s1. The van der Waals surface area contributed by atoms with Crippen molar-refractivity contribution in [1.29, 1.82) is 0 Å². The summed E-state index contributed by atoms with van der Waals surface area (Å²) in [5.74, 6) is -0.371. The van der Waals surface area contributed by atoms with Crippen molar-refractivity contribution < 1.29 is 28.2 Å². The van der Waals surface area contributed by atoms with Crippen LogP contribution in [0.3, 0.4) is 0 Å². The number of hydrogen-bond acceptors (Lipinski definition) is 6. The molecule has 1 amide bonds. The highest BCUT2D eigenvalue weighted by Gasteiger charge is 2.32. The highest BCUT2D eigenvalue weighted by atomic mass is 127. The second-order valence-electron chi connectivity index (χ2n) is 10.2. The van der Waals surface area contributed by atoms with Gasteiger partial charge < -0.3 is 19.1 Å². The zero-order valence-corrected chi connectivity index (χ0v) is 24.9. The minimum absolute atomic E-state index is 0.0370. The van der Waals surface area contributed by atoms with Gasteiger partial charge in [-0.25, -0.2) is 14.0 Å². The summed E-state index contributed by atoms with van der Waals surface area (Å²) in [6, 6.07) is 8.08. The van der Waals surface area contributed by atoms with Crippen molar-refractivity contribution in [3.05, 3.63) is 61.4 Å². The first-order chi connectivity index (χ1) is 17.3. The van der Waals surface area contributed by atoms with Gasteiger partial charge in [0, 0.05) is 32.2 Å². The molecule has 2 aromatic carbocycles. The molecule has 0 bridgehead atoms. The van der Waals surface area contributed by atoms with Gasteiger partial charge in [-0.2, -0.15) is 0 Å². The number of benzene rings is 2. The third kappa shape index (κ3) is 7.70. The molecule has 1 aliphatic heterocycles. The Morgan fingerprint density at radius 3 is 2.51 bits per heavy atom. The molecule has 0 N–H and O–H groups in total. The van der Waals surface area contributed by atoms with Gasteiger partial charge in [0.1, 0.15) is 23.3 Å². The average molecular weight is 647 g/mol. The number of esters is 1. The molecular weight excluding hydrogens is 614 g/mol. The number of carbonyl (C=O) groups is 2. The molecule has 0 radical (unpaired) electrons. The van der Waals surface area contributed by atoms with Crippen molar-refractivity contribution >= 4 is 46.3 Å². The van der Waals surface area contributed by atoms with Crippen LogP contribution in [0.1, 0.15) is 55.3 Å². The van der Waals surface area contributed by atoms with E-state index in [9.17, 15) is 14.0 Å². The van der Waals surface area contributed by atoms with E-state index in [-0.39, 0.29) is 17.2 Å². The molecule has 0 aromatic heterocycles. The molecule has 37 heavy (non-hydrogen) atoms. The van der Waals surface area contributed by atoms with Gasteiger partial charge in [0.2, 0.25) is 0 Å². The van der Waals surface area contributed by atoms with E-state index < -0.39 is 23.5 Å². The summed E-state index contributed by atoms with van der Waals surface area (Å²) in [7, 11) is 1.34. The number of hydrogen-bond donors (Lipinski definition) is 0. The predicted molar refractivity (Wildman–Crippen MR) is 149 cm³/mol. The lowest BCUT2D eigenvalue weighted by Gasteiger charge is -2.41. The van der Waals surface area contributed by atoms with Gasteiger partial charge >= 0.3 is 12.1 Å². The summed E-state index contributed by atoms with van der Waals surface area (Å²) in [6.07, 6.45) is -0.855. The minimum Gasteiger partial charge on any atom is -0.483 e. The summed E-state index contributed by atoms with van der Waals surface area (Å²) in [4.78, 5) is 28.6. The molecule has 1 fully saturated rings. The largest absolute Gasteiger partial charge is 0.483 e. The first-order valence-electron chi connectivity index (χ1n) is 12.0. The van der Waals surface area contributed by atoms with Crippen LogP contribution < -0.4 is 4.74 Å². The quantitative estimate of drug-likeness (QED) is 0.274. The Bertz CT molecular complexity index is 1160. The van der Waals surface area contributed by atoms with Gasteiger partial charge in [0.15, 0.2) is 0 Å². The summed E-state index contributed by atoms with van der Waals surface area (Å²) >= 11 is 8.05. The molecule has 1 saturated heterocycles. The maximum Gasteiger partial charge on any atom is 0.410 e. The molecule has 2 atom stereocenters. The van der Waals surface area contributed by atoms with E-state index in [4.69, 9.17) is 25.8 Å². The Morgan fingerprint density at radius 2 is 1.92 bits per heavy atom. The molecule has 10 heteroatoms.